The fourth-order valence-electron chi connectivity index (χ4n) is 2.94. The van der Waals surface area contributed by atoms with Crippen LogP contribution < -0.4 is 14.8 Å². The van der Waals surface area contributed by atoms with Gasteiger partial charge in [-0.25, -0.2) is 13.2 Å². The lowest BCUT2D eigenvalue weighted by Gasteiger charge is -2.32. The lowest BCUT2D eigenvalue weighted by Crippen LogP contribution is -2.63. The third-order valence-electron chi connectivity index (χ3n) is 5.18. The largest absolute Gasteiger partial charge is 0.501 e. The van der Waals surface area contributed by atoms with Gasteiger partial charge in [0.25, 0.3) is 9.84 Å². The quantitative estimate of drug-likeness (QED) is 0.124. The highest BCUT2D eigenvalue weighted by atomic mass is 32.2. The molecule has 2 aromatic carbocycles. The number of anilines is 2. The van der Waals surface area contributed by atoms with Crippen LogP contribution in [-0.4, -0.2) is 56.6 Å². The van der Waals surface area contributed by atoms with Gasteiger partial charge in [0, 0.05) is 11.8 Å². The number of urea groups is 1. The average molecular weight is 755 g/mol. The number of benzene rings is 2. The number of nitrogens with zero attached hydrogens (tertiary/aromatic N) is 1. The van der Waals surface area contributed by atoms with Crippen molar-refractivity contribution in [1.29, 1.82) is 0 Å². The molecule has 264 valence electrons. The van der Waals surface area contributed by atoms with E-state index in [1.165, 1.54) is 5.32 Å². The molecular weight excluding hydrogens is 747 g/mol. The molecule has 28 heteroatoms. The zero-order valence-electron chi connectivity index (χ0n) is 21.2. The minimum Gasteiger partial charge on any atom is -0.370 e. The highest BCUT2D eigenvalue weighted by molar-refractivity contribution is 7.92. The zero-order valence-corrected chi connectivity index (χ0v) is 22.8. The number of amides is 2. The number of rotatable bonds is 9. The second-order valence-corrected chi connectivity index (χ2v) is 11.9. The van der Waals surface area contributed by atoms with Gasteiger partial charge >= 0.3 is 56.8 Å². The molecule has 0 bridgehead atoms. The number of nitro groups is 1. The second-order valence-electron chi connectivity index (χ2n) is 8.38. The second kappa shape index (κ2) is 11.8. The fourth-order valence-corrected chi connectivity index (χ4v) is 4.65. The number of nitrogens with one attached hydrogen (secondary N) is 2. The Kier molecular flexibility index (Phi) is 9.76. The minimum atomic E-state index is -8.13. The lowest BCUT2D eigenvalue weighted by molar-refractivity contribution is -0.386. The first-order valence-corrected chi connectivity index (χ1v) is 13.6. The van der Waals surface area contributed by atoms with Crippen LogP contribution in [0.15, 0.2) is 41.3 Å². The first-order chi connectivity index (χ1) is 20.7. The summed E-state index contributed by atoms with van der Waals surface area (Å²) in [6, 6.07) is -1.05. The molecule has 2 aromatic rings. The van der Waals surface area contributed by atoms with Gasteiger partial charge in [0.2, 0.25) is 5.75 Å². The number of sulfone groups is 1. The van der Waals surface area contributed by atoms with Gasteiger partial charge in [-0.15, -0.1) is 0 Å². The van der Waals surface area contributed by atoms with Crippen LogP contribution in [0.3, 0.4) is 0 Å². The molecule has 0 aliphatic rings. The number of nitro benzene ring substituents is 1. The molecule has 0 aliphatic carbocycles. The van der Waals surface area contributed by atoms with Crippen LogP contribution in [0.2, 0.25) is 0 Å². The summed E-state index contributed by atoms with van der Waals surface area (Å²) in [7, 11) is -14.0. The average Bonchev–Trinajstić information content (AvgIpc) is 2.87. The Morgan fingerprint density at radius 1 is 0.723 bits per heavy atom. The van der Waals surface area contributed by atoms with E-state index in [2.05, 4.69) is 4.18 Å². The van der Waals surface area contributed by atoms with Crippen LogP contribution in [0.25, 0.3) is 0 Å². The van der Waals surface area contributed by atoms with Crippen molar-refractivity contribution in [3.63, 3.8) is 0 Å². The molecule has 2 N–H and O–H groups in total. The fraction of sp³-hybridized carbons (Fsp3) is 0.316. The molecule has 2 amide bonds. The van der Waals surface area contributed by atoms with Crippen molar-refractivity contribution >= 4 is 43.0 Å². The van der Waals surface area contributed by atoms with Gasteiger partial charge in [0.05, 0.1) is 15.5 Å². The van der Waals surface area contributed by atoms with Crippen LogP contribution in [0.4, 0.5) is 87.7 Å². The summed E-state index contributed by atoms with van der Waals surface area (Å²) in [5.74, 6) is -18.9. The Balaban J connectivity index is 2.56. The van der Waals surface area contributed by atoms with Crippen molar-refractivity contribution < 1.29 is 96.6 Å². The van der Waals surface area contributed by atoms with E-state index in [0.29, 0.717) is 24.3 Å². The minimum absolute atomic E-state index is 0.293. The molecule has 11 nitrogen and oxygen atoms in total. The van der Waals surface area contributed by atoms with Crippen LogP contribution in [0.5, 0.6) is 5.75 Å². The van der Waals surface area contributed by atoms with E-state index in [-0.39, 0.29) is 6.07 Å². The van der Waals surface area contributed by atoms with Crippen LogP contribution in [-0.2, 0) is 26.1 Å². The van der Waals surface area contributed by atoms with Gasteiger partial charge in [-0.3, -0.25) is 10.1 Å². The summed E-state index contributed by atoms with van der Waals surface area (Å²) >= 11 is 0. The highest BCUT2D eigenvalue weighted by Crippen LogP contribution is 2.56. The summed E-state index contributed by atoms with van der Waals surface area (Å²) in [6.45, 7) is 0. The van der Waals surface area contributed by atoms with E-state index in [1.807, 2.05) is 0 Å². The summed E-state index contributed by atoms with van der Waals surface area (Å²) in [5, 5.41) is 6.68. The third-order valence-corrected chi connectivity index (χ3v) is 7.95. The first kappa shape index (κ1) is 38.9. The summed E-state index contributed by atoms with van der Waals surface area (Å²) in [5.41, 5.74) is -13.1. The van der Waals surface area contributed by atoms with Crippen molar-refractivity contribution in [3.8, 4) is 5.75 Å². The van der Waals surface area contributed by atoms with Crippen LogP contribution in [0.1, 0.15) is 5.56 Å². The van der Waals surface area contributed by atoms with E-state index < -0.39 is 105 Å². The Morgan fingerprint density at radius 3 is 1.60 bits per heavy atom. The Morgan fingerprint density at radius 2 is 1.19 bits per heavy atom. The lowest BCUT2D eigenvalue weighted by atomic mass is 10.1. The number of hydrogen-bond donors (Lipinski definition) is 2. The normalized spacial score (nSPS) is 14.0. The summed E-state index contributed by atoms with van der Waals surface area (Å²) < 4.78 is 247. The van der Waals surface area contributed by atoms with Gasteiger partial charge in [-0.1, -0.05) is 0 Å². The molecule has 2 rings (SSSR count). The molecular formula is C19H8F15N3O8S2. The number of hydrogen-bond acceptors (Lipinski definition) is 8. The number of halogens is 15. The van der Waals surface area contributed by atoms with Gasteiger partial charge in [0.1, 0.15) is 5.56 Å². The molecule has 0 aromatic heterocycles. The first-order valence-electron chi connectivity index (χ1n) is 10.8. The van der Waals surface area contributed by atoms with E-state index >= 15 is 0 Å². The molecule has 0 radical (unpaired) electrons. The number of alkyl halides is 15. The molecule has 0 fully saturated rings. The molecule has 0 unspecified atom stereocenters. The van der Waals surface area contributed by atoms with Crippen molar-refractivity contribution in [1.82, 2.24) is 0 Å². The molecule has 47 heavy (non-hydrogen) atoms. The topological polar surface area (TPSA) is 162 Å². The molecule has 0 saturated heterocycles. The molecule has 0 spiro atoms. The van der Waals surface area contributed by atoms with E-state index in [9.17, 15) is 97.6 Å². The number of carbonyl (C=O) groups excluding carboxylic acids is 1. The van der Waals surface area contributed by atoms with Gasteiger partial charge in [0.15, 0.2) is 0 Å². The van der Waals surface area contributed by atoms with E-state index in [4.69, 9.17) is 0 Å². The monoisotopic (exact) mass is 755 g/mol. The maximum Gasteiger partial charge on any atom is 0.501 e. The Bertz CT molecular complexity index is 1770. The molecule has 0 saturated carbocycles. The van der Waals surface area contributed by atoms with Gasteiger partial charge in [-0.05, 0) is 30.3 Å². The van der Waals surface area contributed by atoms with E-state index in [0.717, 1.165) is 0 Å². The summed E-state index contributed by atoms with van der Waals surface area (Å²) in [6.07, 6.45) is -13.8. The summed E-state index contributed by atoms with van der Waals surface area (Å²) in [4.78, 5) is 20.0. The van der Waals surface area contributed by atoms with Crippen molar-refractivity contribution in [3.05, 3.63) is 52.1 Å². The third kappa shape index (κ3) is 7.20. The van der Waals surface area contributed by atoms with E-state index in [1.54, 1.807) is 5.32 Å². The maximum atomic E-state index is 14.0. The van der Waals surface area contributed by atoms with Crippen LogP contribution in [0, 0.1) is 10.1 Å². The predicted molar refractivity (Wildman–Crippen MR) is 121 cm³/mol. The number of carbonyl (C=O) groups is 1. The van der Waals surface area contributed by atoms with Crippen LogP contribution >= 0.6 is 0 Å². The molecule has 0 atom stereocenters. The SMILES string of the molecule is O=C(Nc1ccc(S(=O)(=O)C(F)(F)F)cc1)Nc1cc([N+](=O)[O-])c(OS(=O)(=O)C(F)(F)C(F)(F)C(F)(F)C(F)(F)F)c(C(F)(F)F)c1. The highest BCUT2D eigenvalue weighted by Gasteiger charge is 2.86. The predicted octanol–water partition coefficient (Wildman–Crippen LogP) is 6.69. The van der Waals surface area contributed by atoms with Gasteiger partial charge < -0.3 is 14.8 Å². The Hall–Kier alpha value is -4.24. The van der Waals surface area contributed by atoms with Gasteiger partial charge in [-0.2, -0.15) is 74.3 Å². The van der Waals surface area contributed by atoms with Crippen molar-refractivity contribution in [2.45, 2.75) is 39.9 Å². The standard InChI is InChI=1S/C19H8F15N3O8S2/c20-14(21,22)10-5-8(36-13(38)35-7-1-3-9(4-2-7)46(41,42)19(32,33)34)6-11(37(39)40)12(10)45-47(43,44)18(30,31)16(25,26)15(23,24)17(27,28)29/h1-6H,(H2,35,36,38). The Labute approximate surface area is 248 Å². The van der Waals surface area contributed by atoms with Crippen molar-refractivity contribution in [2.24, 2.45) is 0 Å². The smallest absolute Gasteiger partial charge is 0.370 e. The molecule has 0 aliphatic heterocycles. The molecule has 0 heterocycles. The van der Waals surface area contributed by atoms with Crippen molar-refractivity contribution in [2.75, 3.05) is 10.6 Å². The zero-order chi connectivity index (χ0) is 37.0. The maximum absolute atomic E-state index is 14.0.